The molecule has 3 heteroatoms. The molecule has 1 aromatic carbocycles. The molecule has 1 N–H and O–H groups in total. The number of para-hydroxylation sites is 1. The molecule has 2 rings (SSSR count). The van der Waals surface area contributed by atoms with Crippen LogP contribution < -0.4 is 5.54 Å². The van der Waals surface area contributed by atoms with Gasteiger partial charge in [-0.2, -0.15) is 11.3 Å². The van der Waals surface area contributed by atoms with Gasteiger partial charge in [-0.25, -0.2) is 5.54 Å². The van der Waals surface area contributed by atoms with E-state index in [0.29, 0.717) is 5.69 Å². The van der Waals surface area contributed by atoms with Gasteiger partial charge in [0.05, 0.1) is 5.69 Å². The minimum absolute atomic E-state index is 0.493. The highest BCUT2D eigenvalue weighted by molar-refractivity contribution is 7.07. The van der Waals surface area contributed by atoms with Crippen molar-refractivity contribution in [3.8, 4) is 0 Å². The number of anilines is 1. The molecule has 2 aromatic rings. The normalized spacial score (nSPS) is 8.38. The first kappa shape index (κ1) is 9.74. The first-order valence-electron chi connectivity index (χ1n) is 3.82. The lowest BCUT2D eigenvalue weighted by Crippen LogP contribution is -1.77. The van der Waals surface area contributed by atoms with Crippen LogP contribution in [0.1, 0.15) is 0 Å². The zero-order valence-corrected chi connectivity index (χ0v) is 7.80. The highest BCUT2D eigenvalue weighted by Crippen LogP contribution is 2.03. The van der Waals surface area contributed by atoms with Crippen LogP contribution in [0.25, 0.3) is 0 Å². The van der Waals surface area contributed by atoms with Crippen molar-refractivity contribution in [2.45, 2.75) is 0 Å². The SMILES string of the molecule is FNc1ccccc1.c1ccsc1. The van der Waals surface area contributed by atoms with Crippen molar-refractivity contribution in [2.24, 2.45) is 0 Å². The quantitative estimate of drug-likeness (QED) is 0.684. The molecule has 0 aliphatic rings. The number of nitrogens with one attached hydrogen (secondary N) is 1. The number of benzene rings is 1. The monoisotopic (exact) mass is 195 g/mol. The molecular formula is C10H10FNS. The van der Waals surface area contributed by atoms with E-state index < -0.39 is 0 Å². The van der Waals surface area contributed by atoms with Crippen LogP contribution in [0.5, 0.6) is 0 Å². The summed E-state index contributed by atoms with van der Waals surface area (Å²) in [7, 11) is 0. The predicted molar refractivity (Wildman–Crippen MR) is 55.5 cm³/mol. The molecule has 0 bridgehead atoms. The van der Waals surface area contributed by atoms with Gasteiger partial charge in [-0.05, 0) is 22.9 Å². The third kappa shape index (κ3) is 4.28. The second-order valence-corrected chi connectivity index (χ2v) is 3.07. The Morgan fingerprint density at radius 2 is 1.54 bits per heavy atom. The van der Waals surface area contributed by atoms with Crippen LogP contribution in [0.4, 0.5) is 10.2 Å². The Morgan fingerprint density at radius 3 is 1.85 bits per heavy atom. The van der Waals surface area contributed by atoms with Crippen molar-refractivity contribution in [1.82, 2.24) is 0 Å². The topological polar surface area (TPSA) is 12.0 Å². The summed E-state index contributed by atoms with van der Waals surface area (Å²) in [5, 5.41) is 4.08. The molecule has 0 aliphatic carbocycles. The first-order valence-corrected chi connectivity index (χ1v) is 4.76. The van der Waals surface area contributed by atoms with Crippen LogP contribution in [0, 0.1) is 0 Å². The third-order valence-electron chi connectivity index (χ3n) is 1.31. The van der Waals surface area contributed by atoms with E-state index in [1.807, 2.05) is 29.0 Å². The van der Waals surface area contributed by atoms with E-state index in [2.05, 4.69) is 0 Å². The van der Waals surface area contributed by atoms with E-state index in [9.17, 15) is 4.48 Å². The lowest BCUT2D eigenvalue weighted by Gasteiger charge is -1.89. The summed E-state index contributed by atoms with van der Waals surface area (Å²) < 4.78 is 11.5. The summed E-state index contributed by atoms with van der Waals surface area (Å²) in [5.41, 5.74) is 2.02. The highest BCUT2D eigenvalue weighted by atomic mass is 32.1. The number of thiophene rings is 1. The largest absolute Gasteiger partial charge is 0.225 e. The second kappa shape index (κ2) is 6.20. The molecule has 0 radical (unpaired) electrons. The summed E-state index contributed by atoms with van der Waals surface area (Å²) in [6.45, 7) is 0. The molecule has 0 saturated heterocycles. The average Bonchev–Trinajstić information content (AvgIpc) is 2.77. The van der Waals surface area contributed by atoms with Gasteiger partial charge in [0.1, 0.15) is 0 Å². The summed E-state index contributed by atoms with van der Waals surface area (Å²) in [5.74, 6) is 0. The van der Waals surface area contributed by atoms with Gasteiger partial charge in [0.15, 0.2) is 0 Å². The maximum Gasteiger partial charge on any atom is 0.0655 e. The predicted octanol–water partition coefficient (Wildman–Crippen LogP) is 3.73. The molecule has 1 heterocycles. The van der Waals surface area contributed by atoms with Gasteiger partial charge < -0.3 is 0 Å². The molecule has 0 unspecified atom stereocenters. The van der Waals surface area contributed by atoms with Crippen molar-refractivity contribution in [3.05, 3.63) is 53.2 Å². The van der Waals surface area contributed by atoms with E-state index in [0.717, 1.165) is 0 Å². The first-order chi connectivity index (χ1) is 6.43. The molecule has 0 atom stereocenters. The van der Waals surface area contributed by atoms with Crippen molar-refractivity contribution in [1.29, 1.82) is 0 Å². The van der Waals surface area contributed by atoms with Crippen LogP contribution >= 0.6 is 11.3 Å². The van der Waals surface area contributed by atoms with Gasteiger partial charge in [-0.1, -0.05) is 30.3 Å². The Bertz CT molecular complexity index is 277. The van der Waals surface area contributed by atoms with Gasteiger partial charge in [-0.3, -0.25) is 0 Å². The summed E-state index contributed by atoms with van der Waals surface area (Å²) >= 11 is 1.71. The fourth-order valence-electron chi connectivity index (χ4n) is 0.728. The van der Waals surface area contributed by atoms with E-state index >= 15 is 0 Å². The van der Waals surface area contributed by atoms with E-state index in [4.69, 9.17) is 0 Å². The van der Waals surface area contributed by atoms with Crippen molar-refractivity contribution >= 4 is 17.0 Å². The van der Waals surface area contributed by atoms with Crippen LogP contribution in [0.3, 0.4) is 0 Å². The Balaban J connectivity index is 0.000000145. The van der Waals surface area contributed by atoms with Gasteiger partial charge in [0, 0.05) is 0 Å². The third-order valence-corrected chi connectivity index (χ3v) is 1.94. The van der Waals surface area contributed by atoms with Gasteiger partial charge >= 0.3 is 0 Å². The molecule has 1 aromatic heterocycles. The second-order valence-electron chi connectivity index (χ2n) is 2.25. The zero-order chi connectivity index (χ0) is 9.36. The maximum absolute atomic E-state index is 11.5. The Kier molecular flexibility index (Phi) is 4.64. The summed E-state index contributed by atoms with van der Waals surface area (Å²) in [4.78, 5) is 0. The number of hydrogen-bond acceptors (Lipinski definition) is 2. The van der Waals surface area contributed by atoms with Crippen molar-refractivity contribution < 1.29 is 4.48 Å². The fraction of sp³-hybridized carbons (Fsp3) is 0. The molecule has 1 nitrogen and oxygen atoms in total. The lowest BCUT2D eigenvalue weighted by molar-refractivity contribution is 0.618. The molecule has 0 spiro atoms. The molecule has 13 heavy (non-hydrogen) atoms. The molecular weight excluding hydrogens is 185 g/mol. The zero-order valence-electron chi connectivity index (χ0n) is 6.98. The summed E-state index contributed by atoms with van der Waals surface area (Å²) in [6.07, 6.45) is 0. The lowest BCUT2D eigenvalue weighted by atomic mass is 10.3. The van der Waals surface area contributed by atoms with Crippen LogP contribution in [-0.2, 0) is 0 Å². The van der Waals surface area contributed by atoms with Crippen LogP contribution in [-0.4, -0.2) is 0 Å². The van der Waals surface area contributed by atoms with Crippen LogP contribution in [0.2, 0.25) is 0 Å². The number of halogens is 1. The number of hydrogen-bond donors (Lipinski definition) is 1. The highest BCUT2D eigenvalue weighted by Gasteiger charge is 1.80. The standard InChI is InChI=1S/C6H6FN.C4H4S/c7-8-6-4-2-1-3-5-6;1-2-4-5-3-1/h1-5,8H;1-4H. The molecule has 0 saturated carbocycles. The smallest absolute Gasteiger partial charge is 0.0655 e. The average molecular weight is 195 g/mol. The van der Waals surface area contributed by atoms with E-state index in [1.165, 1.54) is 5.54 Å². The Labute approximate surface area is 80.8 Å². The molecule has 68 valence electrons. The van der Waals surface area contributed by atoms with Gasteiger partial charge in [0.2, 0.25) is 0 Å². The van der Waals surface area contributed by atoms with E-state index in [1.54, 1.807) is 35.6 Å². The van der Waals surface area contributed by atoms with Gasteiger partial charge in [-0.15, -0.1) is 4.48 Å². The Hall–Kier alpha value is -1.35. The fourth-order valence-corrected chi connectivity index (χ4v) is 1.18. The molecule has 0 aliphatic heterocycles. The Morgan fingerprint density at radius 1 is 0.923 bits per heavy atom. The minimum Gasteiger partial charge on any atom is -0.225 e. The van der Waals surface area contributed by atoms with Crippen molar-refractivity contribution in [3.63, 3.8) is 0 Å². The van der Waals surface area contributed by atoms with Gasteiger partial charge in [0.25, 0.3) is 0 Å². The van der Waals surface area contributed by atoms with Crippen LogP contribution in [0.15, 0.2) is 53.2 Å². The molecule has 0 fully saturated rings. The van der Waals surface area contributed by atoms with E-state index in [-0.39, 0.29) is 0 Å². The summed E-state index contributed by atoms with van der Waals surface area (Å²) in [6, 6.07) is 12.7. The minimum atomic E-state index is 0.493. The number of rotatable bonds is 1. The maximum atomic E-state index is 11.5. The van der Waals surface area contributed by atoms with Crippen molar-refractivity contribution in [2.75, 3.05) is 5.54 Å². The molecule has 0 amide bonds.